The third-order valence-electron chi connectivity index (χ3n) is 4.06. The smallest absolute Gasteiger partial charge is 0.113 e. The van der Waals surface area contributed by atoms with Crippen LogP contribution in [0, 0.1) is 11.8 Å². The van der Waals surface area contributed by atoms with Crippen LogP contribution in [0.1, 0.15) is 38.5 Å². The summed E-state index contributed by atoms with van der Waals surface area (Å²) < 4.78 is 6.07. The zero-order chi connectivity index (χ0) is 9.54. The van der Waals surface area contributed by atoms with Gasteiger partial charge in [-0.1, -0.05) is 6.42 Å². The Morgan fingerprint density at radius 1 is 1.21 bits per heavy atom. The lowest BCUT2D eigenvalue weighted by atomic mass is 9.76. The van der Waals surface area contributed by atoms with E-state index < -0.39 is 0 Å². The molecular weight excluding hydrogens is 192 g/mol. The van der Waals surface area contributed by atoms with Crippen LogP contribution in [0.3, 0.4) is 0 Å². The van der Waals surface area contributed by atoms with Gasteiger partial charge >= 0.3 is 0 Å². The largest absolute Gasteiger partial charge is 0.493 e. The first-order valence-electron chi connectivity index (χ1n) is 5.91. The van der Waals surface area contributed by atoms with Gasteiger partial charge in [0.05, 0.1) is 5.76 Å². The van der Waals surface area contributed by atoms with E-state index in [0.717, 1.165) is 11.8 Å². The highest BCUT2D eigenvalue weighted by atomic mass is 32.1. The molecule has 1 aliphatic heterocycles. The van der Waals surface area contributed by atoms with E-state index in [1.807, 2.05) is 0 Å². The van der Waals surface area contributed by atoms with E-state index in [4.69, 9.17) is 4.74 Å². The molecule has 0 N–H and O–H groups in total. The Balaban J connectivity index is 1.86. The Labute approximate surface area is 91.3 Å². The molecule has 3 rings (SSSR count). The van der Waals surface area contributed by atoms with E-state index in [1.54, 1.807) is 0 Å². The molecule has 0 aromatic rings. The summed E-state index contributed by atoms with van der Waals surface area (Å²) in [7, 11) is 0. The number of allylic oxidation sites excluding steroid dienone is 2. The van der Waals surface area contributed by atoms with Crippen molar-refractivity contribution in [1.29, 1.82) is 0 Å². The first-order chi connectivity index (χ1) is 6.86. The molecule has 3 aliphatic rings. The van der Waals surface area contributed by atoms with Crippen molar-refractivity contribution in [2.75, 3.05) is 0 Å². The number of fused-ring (bicyclic) bond motifs is 3. The van der Waals surface area contributed by atoms with Gasteiger partial charge in [0.2, 0.25) is 0 Å². The van der Waals surface area contributed by atoms with Gasteiger partial charge in [-0.3, -0.25) is 0 Å². The summed E-state index contributed by atoms with van der Waals surface area (Å²) in [5.41, 5.74) is 0. The molecule has 78 valence electrons. The number of hydrogen-bond donors (Lipinski definition) is 1. The maximum atomic E-state index is 6.07. The summed E-state index contributed by atoms with van der Waals surface area (Å²) in [5.74, 6) is 2.86. The highest BCUT2D eigenvalue weighted by Gasteiger charge is 2.46. The van der Waals surface area contributed by atoms with Crippen molar-refractivity contribution in [2.45, 2.75) is 49.9 Å². The first kappa shape index (κ1) is 9.14. The van der Waals surface area contributed by atoms with Gasteiger partial charge in [0.25, 0.3) is 0 Å². The van der Waals surface area contributed by atoms with Crippen LogP contribution >= 0.6 is 12.6 Å². The number of hydrogen-bond acceptors (Lipinski definition) is 2. The number of thiol groups is 1. The second-order valence-electron chi connectivity index (χ2n) is 4.89. The maximum Gasteiger partial charge on any atom is 0.113 e. The molecule has 1 nitrogen and oxygen atoms in total. The molecule has 4 unspecified atom stereocenters. The molecule has 0 radical (unpaired) electrons. The molecule has 0 spiro atoms. The fourth-order valence-electron chi connectivity index (χ4n) is 3.37. The summed E-state index contributed by atoms with van der Waals surface area (Å²) >= 11 is 4.66. The Morgan fingerprint density at radius 2 is 2.14 bits per heavy atom. The van der Waals surface area contributed by atoms with Crippen LogP contribution < -0.4 is 0 Å². The second kappa shape index (κ2) is 3.48. The summed E-state index contributed by atoms with van der Waals surface area (Å²) in [5, 5.41) is 0.486. The fraction of sp³-hybridized carbons (Fsp3) is 0.833. The zero-order valence-corrected chi connectivity index (χ0v) is 9.38. The first-order valence-corrected chi connectivity index (χ1v) is 6.42. The Morgan fingerprint density at radius 3 is 3.07 bits per heavy atom. The molecule has 1 saturated heterocycles. The molecule has 14 heavy (non-hydrogen) atoms. The molecule has 1 saturated carbocycles. The van der Waals surface area contributed by atoms with Crippen molar-refractivity contribution in [3.05, 3.63) is 11.8 Å². The molecule has 2 heteroatoms. The van der Waals surface area contributed by atoms with Crippen molar-refractivity contribution < 1.29 is 4.74 Å². The Bertz CT molecular complexity index is 261. The van der Waals surface area contributed by atoms with Gasteiger partial charge in [-0.05, 0) is 38.2 Å². The highest BCUT2D eigenvalue weighted by Crippen LogP contribution is 2.48. The molecule has 0 amide bonds. The van der Waals surface area contributed by atoms with Gasteiger partial charge in [-0.25, -0.2) is 0 Å². The lowest BCUT2D eigenvalue weighted by Crippen LogP contribution is -2.33. The van der Waals surface area contributed by atoms with E-state index in [1.165, 1.54) is 44.3 Å². The molecule has 2 fully saturated rings. The number of ether oxygens (including phenoxy) is 1. The van der Waals surface area contributed by atoms with E-state index in [9.17, 15) is 0 Å². The van der Waals surface area contributed by atoms with Gasteiger partial charge in [0.15, 0.2) is 0 Å². The van der Waals surface area contributed by atoms with E-state index in [-0.39, 0.29) is 0 Å². The minimum absolute atomic E-state index is 0.432. The van der Waals surface area contributed by atoms with Crippen LogP contribution in [0.15, 0.2) is 11.8 Å². The van der Waals surface area contributed by atoms with E-state index >= 15 is 0 Å². The van der Waals surface area contributed by atoms with Gasteiger partial charge in [-0.2, -0.15) is 12.6 Å². The lowest BCUT2D eigenvalue weighted by Gasteiger charge is -2.30. The third kappa shape index (κ3) is 1.30. The summed E-state index contributed by atoms with van der Waals surface area (Å²) in [4.78, 5) is 0. The maximum absolute atomic E-state index is 6.07. The molecule has 4 atom stereocenters. The lowest BCUT2D eigenvalue weighted by molar-refractivity contribution is 0.103. The standard InChI is InChI=1S/C12H18OS/c14-11-7-3-5-9-8-4-1-2-6-10(8)13-12(9)11/h6,8-9,11-12,14H,1-5,7H2. The monoisotopic (exact) mass is 210 g/mol. The van der Waals surface area contributed by atoms with Crippen LogP contribution in [-0.4, -0.2) is 11.4 Å². The average molecular weight is 210 g/mol. The van der Waals surface area contributed by atoms with Gasteiger partial charge in [0, 0.05) is 17.1 Å². The SMILES string of the molecule is SC1CCCC2C3CCCC=C3OC12. The van der Waals surface area contributed by atoms with Crippen LogP contribution in [0.25, 0.3) is 0 Å². The Hall–Kier alpha value is -0.110. The van der Waals surface area contributed by atoms with Crippen molar-refractivity contribution in [2.24, 2.45) is 11.8 Å². The average Bonchev–Trinajstić information content (AvgIpc) is 2.59. The Kier molecular flexibility index (Phi) is 2.27. The summed E-state index contributed by atoms with van der Waals surface area (Å²) in [6.07, 6.45) is 10.7. The molecule has 0 bridgehead atoms. The minimum Gasteiger partial charge on any atom is -0.493 e. The molecule has 0 aromatic heterocycles. The molecule has 0 aromatic carbocycles. The molecule has 1 heterocycles. The zero-order valence-electron chi connectivity index (χ0n) is 8.48. The van der Waals surface area contributed by atoms with Gasteiger partial charge < -0.3 is 4.74 Å². The number of rotatable bonds is 0. The predicted octanol–water partition coefficient (Wildman–Crippen LogP) is 3.17. The molecule has 2 aliphatic carbocycles. The summed E-state index contributed by atoms with van der Waals surface area (Å²) in [6.45, 7) is 0. The predicted molar refractivity (Wildman–Crippen MR) is 60.4 cm³/mol. The van der Waals surface area contributed by atoms with Crippen molar-refractivity contribution in [3.8, 4) is 0 Å². The summed E-state index contributed by atoms with van der Waals surface area (Å²) in [6, 6.07) is 0. The van der Waals surface area contributed by atoms with Crippen LogP contribution in [-0.2, 0) is 4.74 Å². The minimum atomic E-state index is 0.432. The highest BCUT2D eigenvalue weighted by molar-refractivity contribution is 7.81. The van der Waals surface area contributed by atoms with E-state index in [2.05, 4.69) is 18.7 Å². The molecular formula is C12H18OS. The van der Waals surface area contributed by atoms with Crippen LogP contribution in [0.4, 0.5) is 0 Å². The topological polar surface area (TPSA) is 9.23 Å². The third-order valence-corrected chi connectivity index (χ3v) is 4.61. The van der Waals surface area contributed by atoms with Crippen LogP contribution in [0.2, 0.25) is 0 Å². The second-order valence-corrected chi connectivity index (χ2v) is 5.55. The van der Waals surface area contributed by atoms with Gasteiger partial charge in [0.1, 0.15) is 6.10 Å². The van der Waals surface area contributed by atoms with Crippen molar-refractivity contribution in [3.63, 3.8) is 0 Å². The van der Waals surface area contributed by atoms with Crippen molar-refractivity contribution >= 4 is 12.6 Å². The normalized spacial score (nSPS) is 46.2. The fourth-order valence-corrected chi connectivity index (χ4v) is 3.83. The van der Waals surface area contributed by atoms with Crippen molar-refractivity contribution in [1.82, 2.24) is 0 Å². The quantitative estimate of drug-likeness (QED) is 0.604. The van der Waals surface area contributed by atoms with E-state index in [0.29, 0.717) is 11.4 Å². The van der Waals surface area contributed by atoms with Gasteiger partial charge in [-0.15, -0.1) is 0 Å². The van der Waals surface area contributed by atoms with Crippen LogP contribution in [0.5, 0.6) is 0 Å².